The van der Waals surface area contributed by atoms with Crippen LogP contribution in [0.4, 0.5) is 4.79 Å². The smallest absolute Gasteiger partial charge is 0.327 e. The topological polar surface area (TPSA) is 69.7 Å². The highest BCUT2D eigenvalue weighted by molar-refractivity contribution is 6.42. The van der Waals surface area contributed by atoms with Crippen LogP contribution in [0.15, 0.2) is 18.2 Å². The van der Waals surface area contributed by atoms with E-state index in [4.69, 9.17) is 23.2 Å². The first-order valence-electron chi connectivity index (χ1n) is 7.72. The molecular formula is C16H17Cl2N3O3. The number of amides is 4. The Kier molecular flexibility index (Phi) is 4.69. The molecule has 1 saturated carbocycles. The van der Waals surface area contributed by atoms with Gasteiger partial charge in [0.2, 0.25) is 5.91 Å². The van der Waals surface area contributed by atoms with Crippen LogP contribution in [0.25, 0.3) is 0 Å². The van der Waals surface area contributed by atoms with Crippen molar-refractivity contribution in [3.05, 3.63) is 33.8 Å². The normalized spacial score (nSPS) is 19.0. The molecule has 1 unspecified atom stereocenters. The Morgan fingerprint density at radius 3 is 2.62 bits per heavy atom. The van der Waals surface area contributed by atoms with E-state index in [1.165, 1.54) is 4.90 Å². The summed E-state index contributed by atoms with van der Waals surface area (Å²) >= 11 is 11.8. The third-order valence-corrected chi connectivity index (χ3v) is 4.93. The SMILES string of the molecule is CC(NC(=O)CN1C(=O)CN(C2CC2)C1=O)c1ccc(Cl)c(Cl)c1. The molecule has 2 aliphatic rings. The standard InChI is InChI=1S/C16H17Cl2N3O3/c1-9(10-2-5-12(17)13(18)6-10)19-14(22)7-21-15(23)8-20(16(21)24)11-3-4-11/h2,5-6,9,11H,3-4,7-8H2,1H3,(H,19,22). The number of carbonyl (C=O) groups excluding carboxylic acids is 3. The van der Waals surface area contributed by atoms with Crippen LogP contribution in [0.1, 0.15) is 31.4 Å². The highest BCUT2D eigenvalue weighted by atomic mass is 35.5. The largest absolute Gasteiger partial charge is 0.348 e. The molecule has 1 aromatic carbocycles. The van der Waals surface area contributed by atoms with Gasteiger partial charge in [-0.05, 0) is 37.5 Å². The predicted molar refractivity (Wildman–Crippen MR) is 89.9 cm³/mol. The first-order chi connectivity index (χ1) is 11.4. The van der Waals surface area contributed by atoms with Gasteiger partial charge in [0.15, 0.2) is 0 Å². The third kappa shape index (κ3) is 3.49. The molecule has 8 heteroatoms. The molecule has 24 heavy (non-hydrogen) atoms. The first-order valence-corrected chi connectivity index (χ1v) is 8.47. The van der Waals surface area contributed by atoms with Crippen molar-refractivity contribution in [2.24, 2.45) is 0 Å². The van der Waals surface area contributed by atoms with Crippen molar-refractivity contribution in [2.75, 3.05) is 13.1 Å². The van der Waals surface area contributed by atoms with E-state index >= 15 is 0 Å². The van der Waals surface area contributed by atoms with Crippen LogP contribution in [-0.4, -0.2) is 46.8 Å². The number of carbonyl (C=O) groups is 3. The van der Waals surface area contributed by atoms with Gasteiger partial charge >= 0.3 is 6.03 Å². The van der Waals surface area contributed by atoms with Crippen molar-refractivity contribution < 1.29 is 14.4 Å². The summed E-state index contributed by atoms with van der Waals surface area (Å²) in [5.74, 6) is -0.725. The van der Waals surface area contributed by atoms with Crippen molar-refractivity contribution >= 4 is 41.0 Å². The number of imide groups is 1. The number of hydrogen-bond acceptors (Lipinski definition) is 3. The second kappa shape index (κ2) is 6.61. The average molecular weight is 370 g/mol. The molecule has 1 aromatic rings. The lowest BCUT2D eigenvalue weighted by atomic mass is 10.1. The Labute approximate surface area is 149 Å². The van der Waals surface area contributed by atoms with Gasteiger partial charge in [0.05, 0.1) is 16.1 Å². The minimum atomic E-state index is -0.395. The van der Waals surface area contributed by atoms with Gasteiger partial charge in [-0.25, -0.2) is 4.79 Å². The van der Waals surface area contributed by atoms with E-state index < -0.39 is 5.91 Å². The summed E-state index contributed by atoms with van der Waals surface area (Å²) in [5, 5.41) is 3.61. The summed E-state index contributed by atoms with van der Waals surface area (Å²) in [5.41, 5.74) is 0.788. The van der Waals surface area contributed by atoms with Gasteiger partial charge < -0.3 is 10.2 Å². The van der Waals surface area contributed by atoms with Crippen LogP contribution in [0.3, 0.4) is 0 Å². The molecule has 3 rings (SSSR count). The van der Waals surface area contributed by atoms with Crippen molar-refractivity contribution in [3.8, 4) is 0 Å². The minimum Gasteiger partial charge on any atom is -0.348 e. The maximum Gasteiger partial charge on any atom is 0.327 e. The molecular weight excluding hydrogens is 353 g/mol. The number of hydrogen-bond donors (Lipinski definition) is 1. The van der Waals surface area contributed by atoms with Crippen LogP contribution in [0, 0.1) is 0 Å². The Morgan fingerprint density at radius 2 is 2.00 bits per heavy atom. The second-order valence-electron chi connectivity index (χ2n) is 6.08. The fraction of sp³-hybridized carbons (Fsp3) is 0.438. The summed E-state index contributed by atoms with van der Waals surface area (Å²) in [6.45, 7) is 1.59. The average Bonchev–Trinajstić information content (AvgIpc) is 3.32. The third-order valence-electron chi connectivity index (χ3n) is 4.19. The monoisotopic (exact) mass is 369 g/mol. The second-order valence-corrected chi connectivity index (χ2v) is 6.90. The maximum absolute atomic E-state index is 12.2. The highest BCUT2D eigenvalue weighted by Gasteiger charge is 2.44. The highest BCUT2D eigenvalue weighted by Crippen LogP contribution is 2.30. The predicted octanol–water partition coefficient (Wildman–Crippen LogP) is 2.60. The van der Waals surface area contributed by atoms with E-state index in [0.29, 0.717) is 10.0 Å². The van der Waals surface area contributed by atoms with E-state index in [2.05, 4.69) is 5.32 Å². The van der Waals surface area contributed by atoms with E-state index in [9.17, 15) is 14.4 Å². The Bertz CT molecular complexity index is 706. The maximum atomic E-state index is 12.2. The molecule has 2 fully saturated rings. The quantitative estimate of drug-likeness (QED) is 0.810. The summed E-state index contributed by atoms with van der Waals surface area (Å²) in [4.78, 5) is 38.9. The zero-order chi connectivity index (χ0) is 17.4. The molecule has 1 heterocycles. The van der Waals surface area contributed by atoms with E-state index in [1.54, 1.807) is 25.1 Å². The van der Waals surface area contributed by atoms with E-state index in [1.807, 2.05) is 0 Å². The Balaban J connectivity index is 1.59. The van der Waals surface area contributed by atoms with Gasteiger partial charge in [0.25, 0.3) is 5.91 Å². The Morgan fingerprint density at radius 1 is 1.29 bits per heavy atom. The Hall–Kier alpha value is -1.79. The minimum absolute atomic E-state index is 0.0686. The lowest BCUT2D eigenvalue weighted by Crippen LogP contribution is -2.42. The van der Waals surface area contributed by atoms with Gasteiger partial charge in [-0.3, -0.25) is 14.5 Å². The molecule has 128 valence electrons. The molecule has 1 aliphatic heterocycles. The number of nitrogens with zero attached hydrogens (tertiary/aromatic N) is 2. The number of nitrogens with one attached hydrogen (secondary N) is 1. The molecule has 0 aromatic heterocycles. The summed E-state index contributed by atoms with van der Waals surface area (Å²) in [6.07, 6.45) is 1.85. The zero-order valence-corrected chi connectivity index (χ0v) is 14.6. The summed E-state index contributed by atoms with van der Waals surface area (Å²) < 4.78 is 0. The van der Waals surface area contributed by atoms with E-state index in [-0.39, 0.29) is 37.1 Å². The lowest BCUT2D eigenvalue weighted by molar-refractivity contribution is -0.131. The molecule has 0 spiro atoms. The molecule has 1 atom stereocenters. The number of halogens is 2. The van der Waals surface area contributed by atoms with Gasteiger partial charge in [0, 0.05) is 6.04 Å². The van der Waals surface area contributed by atoms with Crippen LogP contribution >= 0.6 is 23.2 Å². The summed E-state index contributed by atoms with van der Waals surface area (Å²) in [6, 6.07) is 4.56. The number of rotatable bonds is 5. The van der Waals surface area contributed by atoms with Crippen molar-refractivity contribution in [2.45, 2.75) is 31.8 Å². The molecule has 1 N–H and O–H groups in total. The van der Waals surface area contributed by atoms with Crippen molar-refractivity contribution in [3.63, 3.8) is 0 Å². The lowest BCUT2D eigenvalue weighted by Gasteiger charge is -2.19. The summed E-state index contributed by atoms with van der Waals surface area (Å²) in [7, 11) is 0. The first kappa shape index (κ1) is 17.0. The van der Waals surface area contributed by atoms with Gasteiger partial charge in [-0.1, -0.05) is 29.3 Å². The number of benzene rings is 1. The molecule has 0 radical (unpaired) electrons. The van der Waals surface area contributed by atoms with Gasteiger partial charge in [-0.15, -0.1) is 0 Å². The molecule has 4 amide bonds. The molecule has 6 nitrogen and oxygen atoms in total. The van der Waals surface area contributed by atoms with Crippen LogP contribution in [-0.2, 0) is 9.59 Å². The fourth-order valence-electron chi connectivity index (χ4n) is 2.68. The molecule has 1 saturated heterocycles. The van der Waals surface area contributed by atoms with Crippen molar-refractivity contribution in [1.29, 1.82) is 0 Å². The molecule has 1 aliphatic carbocycles. The fourth-order valence-corrected chi connectivity index (χ4v) is 2.99. The van der Waals surface area contributed by atoms with Crippen LogP contribution in [0.2, 0.25) is 10.0 Å². The van der Waals surface area contributed by atoms with Gasteiger partial charge in [0.1, 0.15) is 13.1 Å². The zero-order valence-electron chi connectivity index (χ0n) is 13.1. The van der Waals surface area contributed by atoms with E-state index in [0.717, 1.165) is 23.3 Å². The molecule has 0 bridgehead atoms. The van der Waals surface area contributed by atoms with Crippen LogP contribution in [0.5, 0.6) is 0 Å². The number of urea groups is 1. The van der Waals surface area contributed by atoms with Crippen LogP contribution < -0.4 is 5.32 Å². The van der Waals surface area contributed by atoms with Gasteiger partial charge in [-0.2, -0.15) is 0 Å². The van der Waals surface area contributed by atoms with Crippen molar-refractivity contribution in [1.82, 2.24) is 15.1 Å².